The van der Waals surface area contributed by atoms with E-state index in [0.29, 0.717) is 0 Å². The van der Waals surface area contributed by atoms with Gasteiger partial charge in [-0.05, 0) is 5.54 Å². The first-order chi connectivity index (χ1) is 6.38. The molecule has 0 amide bonds. The number of benzene rings is 1. The molecule has 1 aliphatic rings. The highest BCUT2D eigenvalue weighted by Gasteiger charge is 2.16. The van der Waals surface area contributed by atoms with E-state index in [9.17, 15) is 0 Å². The molecule has 0 aliphatic heterocycles. The molecule has 1 unspecified atom stereocenters. The molecule has 0 heterocycles. The summed E-state index contributed by atoms with van der Waals surface area (Å²) in [5.41, 5.74) is 0.724. The minimum atomic E-state index is -0.787. The second-order valence-corrected chi connectivity index (χ2v) is 6.56. The molecule has 66 valence electrons. The molecule has 1 aliphatic carbocycles. The first-order valence-corrected chi connectivity index (χ1v) is 7.18. The highest BCUT2D eigenvalue weighted by atomic mass is 28.3. The predicted molar refractivity (Wildman–Crippen MR) is 61.1 cm³/mol. The molecule has 0 N–H and O–H groups in total. The maximum Gasteiger partial charge on any atom is 0.0786 e. The third-order valence-electron chi connectivity index (χ3n) is 2.68. The van der Waals surface area contributed by atoms with Crippen molar-refractivity contribution in [2.45, 2.75) is 12.1 Å². The van der Waals surface area contributed by atoms with Gasteiger partial charge in [-0.3, -0.25) is 0 Å². The predicted octanol–water partition coefficient (Wildman–Crippen LogP) is 2.25. The highest BCUT2D eigenvalue weighted by molar-refractivity contribution is 6.74. The van der Waals surface area contributed by atoms with Gasteiger partial charge in [-0.2, -0.15) is 0 Å². The van der Waals surface area contributed by atoms with E-state index in [1.54, 1.807) is 5.19 Å². The number of allylic oxidation sites excluding steroid dienone is 4. The fourth-order valence-corrected chi connectivity index (χ4v) is 3.96. The smallest absolute Gasteiger partial charge is 0.0786 e. The third kappa shape index (κ3) is 1.81. The fraction of sp³-hybridized carbons (Fsp3) is 0.167. The summed E-state index contributed by atoms with van der Waals surface area (Å²) >= 11 is 0. The summed E-state index contributed by atoms with van der Waals surface area (Å²) in [6, 6.07) is 10.9. The Balaban J connectivity index is 2.18. The summed E-state index contributed by atoms with van der Waals surface area (Å²) < 4.78 is 0. The van der Waals surface area contributed by atoms with E-state index in [-0.39, 0.29) is 0 Å². The lowest BCUT2D eigenvalue weighted by atomic mass is 10.4. The molecular formula is C12H14Si. The van der Waals surface area contributed by atoms with Crippen molar-refractivity contribution in [1.82, 2.24) is 0 Å². The molecule has 0 spiro atoms. The molecule has 1 aromatic rings. The van der Waals surface area contributed by atoms with Gasteiger partial charge in [-0.25, -0.2) is 0 Å². The van der Waals surface area contributed by atoms with Gasteiger partial charge >= 0.3 is 0 Å². The van der Waals surface area contributed by atoms with Crippen molar-refractivity contribution < 1.29 is 0 Å². The Hall–Kier alpha value is -1.08. The average Bonchev–Trinajstić information content (AvgIpc) is 2.71. The topological polar surface area (TPSA) is 0 Å². The van der Waals surface area contributed by atoms with Crippen molar-refractivity contribution in [3.8, 4) is 0 Å². The van der Waals surface area contributed by atoms with Gasteiger partial charge in [0.1, 0.15) is 0 Å². The molecule has 1 aromatic carbocycles. The molecule has 1 heteroatoms. The Bertz CT molecular complexity index is 312. The normalized spacial score (nSPS) is 17.9. The van der Waals surface area contributed by atoms with Crippen LogP contribution in [-0.4, -0.2) is 8.80 Å². The van der Waals surface area contributed by atoms with E-state index in [1.165, 1.54) is 0 Å². The molecule has 2 rings (SSSR count). The summed E-state index contributed by atoms with van der Waals surface area (Å²) in [6.07, 6.45) is 8.97. The minimum absolute atomic E-state index is 0.724. The summed E-state index contributed by atoms with van der Waals surface area (Å²) in [7, 11) is -0.787. The van der Waals surface area contributed by atoms with Crippen molar-refractivity contribution in [2.24, 2.45) is 0 Å². The minimum Gasteiger partial charge on any atom is -0.0803 e. The molecule has 13 heavy (non-hydrogen) atoms. The first kappa shape index (κ1) is 8.51. The number of hydrogen-bond acceptors (Lipinski definition) is 0. The van der Waals surface area contributed by atoms with Crippen molar-refractivity contribution in [3.63, 3.8) is 0 Å². The largest absolute Gasteiger partial charge is 0.0803 e. The molecule has 0 fully saturated rings. The van der Waals surface area contributed by atoms with Gasteiger partial charge in [0.2, 0.25) is 0 Å². The zero-order valence-electron chi connectivity index (χ0n) is 7.85. The van der Waals surface area contributed by atoms with Crippen LogP contribution < -0.4 is 5.19 Å². The van der Waals surface area contributed by atoms with Crippen LogP contribution in [0.5, 0.6) is 0 Å². The van der Waals surface area contributed by atoms with Gasteiger partial charge in [-0.1, -0.05) is 66.4 Å². The van der Waals surface area contributed by atoms with Gasteiger partial charge < -0.3 is 0 Å². The van der Waals surface area contributed by atoms with Crippen molar-refractivity contribution in [2.75, 3.05) is 0 Å². The van der Waals surface area contributed by atoms with Gasteiger partial charge in [0, 0.05) is 0 Å². The fourth-order valence-electron chi connectivity index (χ4n) is 1.76. The summed E-state index contributed by atoms with van der Waals surface area (Å²) in [5, 5.41) is 1.56. The van der Waals surface area contributed by atoms with Crippen LogP contribution in [0.4, 0.5) is 0 Å². The van der Waals surface area contributed by atoms with Gasteiger partial charge in [0.25, 0.3) is 0 Å². The van der Waals surface area contributed by atoms with E-state index in [2.05, 4.69) is 61.2 Å². The SMILES string of the molecule is C[SiH](c1ccccc1)C1C=CC=C1. The Kier molecular flexibility index (Phi) is 2.46. The molecule has 1 atom stereocenters. The Morgan fingerprint density at radius 2 is 1.62 bits per heavy atom. The summed E-state index contributed by atoms with van der Waals surface area (Å²) in [6.45, 7) is 2.42. The Labute approximate surface area is 81.2 Å². The molecular weight excluding hydrogens is 172 g/mol. The molecule has 0 saturated heterocycles. The molecule has 0 saturated carbocycles. The van der Waals surface area contributed by atoms with Gasteiger partial charge in [0.15, 0.2) is 0 Å². The molecule has 0 radical (unpaired) electrons. The molecule has 0 bridgehead atoms. The average molecular weight is 186 g/mol. The van der Waals surface area contributed by atoms with Crippen LogP contribution in [-0.2, 0) is 0 Å². The first-order valence-electron chi connectivity index (χ1n) is 4.78. The zero-order valence-corrected chi connectivity index (χ0v) is 9.01. The van der Waals surface area contributed by atoms with Crippen molar-refractivity contribution in [3.05, 3.63) is 54.6 Å². The third-order valence-corrected chi connectivity index (χ3v) is 5.72. The monoisotopic (exact) mass is 186 g/mol. The number of hydrogen-bond donors (Lipinski definition) is 0. The maximum atomic E-state index is 2.42. The van der Waals surface area contributed by atoms with E-state index < -0.39 is 8.80 Å². The zero-order chi connectivity index (χ0) is 9.10. The van der Waals surface area contributed by atoms with Crippen LogP contribution in [0.2, 0.25) is 12.1 Å². The molecule has 0 nitrogen and oxygen atoms in total. The lowest BCUT2D eigenvalue weighted by molar-refractivity contribution is 1.36. The van der Waals surface area contributed by atoms with Crippen LogP contribution >= 0.6 is 0 Å². The van der Waals surface area contributed by atoms with Crippen LogP contribution in [0.25, 0.3) is 0 Å². The van der Waals surface area contributed by atoms with Crippen LogP contribution in [0.3, 0.4) is 0 Å². The quantitative estimate of drug-likeness (QED) is 0.621. The van der Waals surface area contributed by atoms with Gasteiger partial charge in [-0.15, -0.1) is 0 Å². The van der Waals surface area contributed by atoms with Gasteiger partial charge in [0.05, 0.1) is 8.80 Å². The van der Waals surface area contributed by atoms with Crippen LogP contribution in [0.1, 0.15) is 0 Å². The van der Waals surface area contributed by atoms with E-state index in [1.807, 2.05) is 0 Å². The Morgan fingerprint density at radius 3 is 2.23 bits per heavy atom. The number of rotatable bonds is 2. The second kappa shape index (κ2) is 3.75. The second-order valence-electron chi connectivity index (χ2n) is 3.55. The van der Waals surface area contributed by atoms with Crippen LogP contribution in [0, 0.1) is 0 Å². The molecule has 0 aromatic heterocycles. The highest BCUT2D eigenvalue weighted by Crippen LogP contribution is 2.18. The maximum absolute atomic E-state index is 2.42. The van der Waals surface area contributed by atoms with Crippen LogP contribution in [0.15, 0.2) is 54.6 Å². The summed E-state index contributed by atoms with van der Waals surface area (Å²) in [4.78, 5) is 0. The van der Waals surface area contributed by atoms with E-state index in [0.717, 1.165) is 5.54 Å². The lowest BCUT2D eigenvalue weighted by Gasteiger charge is -2.14. The Morgan fingerprint density at radius 1 is 1.00 bits per heavy atom. The standard InChI is InChI=1S/C12H14Si/c1-13(12-9-5-6-10-12)11-7-3-2-4-8-11/h2-10,12-13H,1H3. The lowest BCUT2D eigenvalue weighted by Crippen LogP contribution is -2.29. The van der Waals surface area contributed by atoms with E-state index >= 15 is 0 Å². The van der Waals surface area contributed by atoms with Crippen molar-refractivity contribution in [1.29, 1.82) is 0 Å². The summed E-state index contributed by atoms with van der Waals surface area (Å²) in [5.74, 6) is 0. The van der Waals surface area contributed by atoms with Crippen molar-refractivity contribution >= 4 is 14.0 Å². The van der Waals surface area contributed by atoms with E-state index in [4.69, 9.17) is 0 Å².